The maximum absolute atomic E-state index is 12.7. The average molecular weight is 2140 g/mol. The van der Waals surface area contributed by atoms with Crippen molar-refractivity contribution in [2.45, 2.75) is 596 Å². The van der Waals surface area contributed by atoms with Crippen LogP contribution in [0.5, 0.6) is 0 Å². The van der Waals surface area contributed by atoms with Crippen LogP contribution in [0.2, 0.25) is 0 Å². The molecule has 20 aliphatic rings. The van der Waals surface area contributed by atoms with Gasteiger partial charge in [-0.1, -0.05) is 189 Å². The molecular weight excluding hydrogens is 1900 g/mol. The minimum absolute atomic E-state index is 0. The van der Waals surface area contributed by atoms with Crippen LogP contribution in [0.3, 0.4) is 0 Å². The minimum atomic E-state index is -1.41. The van der Waals surface area contributed by atoms with Gasteiger partial charge in [0.05, 0.1) is 50.2 Å². The third-order valence-corrected chi connectivity index (χ3v) is 37.9. The second-order valence-electron chi connectivity index (χ2n) is 50.3. The predicted molar refractivity (Wildman–Crippen MR) is 615 cm³/mol. The first kappa shape index (κ1) is 157. The third kappa shape index (κ3) is 30.4. The number of carbonyl (C=O) groups is 12. The molecule has 18 bridgehead atoms. The molecule has 17 saturated carbocycles. The molecule has 0 aromatic carbocycles. The summed E-state index contributed by atoms with van der Waals surface area (Å²) < 4.78 is 68.4. The number of hydrogen-bond donors (Lipinski definition) is 0. The summed E-state index contributed by atoms with van der Waals surface area (Å²) in [4.78, 5) is 148. The Kier molecular flexibility index (Phi) is 59.2. The lowest BCUT2D eigenvalue weighted by Gasteiger charge is -2.60. The molecule has 20 rings (SSSR count). The Labute approximate surface area is 922 Å². The van der Waals surface area contributed by atoms with Gasteiger partial charge in [-0.3, -0.25) is 43.2 Å². The van der Waals surface area contributed by atoms with Crippen LogP contribution in [0.15, 0.2) is 0 Å². The van der Waals surface area contributed by atoms with E-state index in [0.717, 1.165) is 93.3 Å². The Morgan fingerprint density at radius 1 is 0.293 bits per heavy atom. The van der Waals surface area contributed by atoms with Crippen molar-refractivity contribution in [3.63, 3.8) is 0 Å². The standard InChI is InChI=1S/C19H30O6.2C18H26O6.2C18H30O2.C17H28O2.18CH4/c1-8-16(2,3)14(21)24-17(4,5)15(22)25-18(6)10-9-12-11-19(18,7)23-13(12)20;2*1-6-17(2,3)15(20)24-18(4,5)16(21)23-12-9-7-10-11(8-9)14(19)22-13(10)12;2*1-5-17(3,4)16(19)20-18(6-2)14-8-12-7-13(10-14)11-15(18)9-12;1-5-16(2,3)15(18)19-17(4)13-7-11-6-12(9-13)10-14(17)8-11;;;;;;;;;;;;;;;;;;/h12H,8-11H2,1-7H3;2*9-13H,6-8H2,1-5H3;2*12-15H,5-11H2,1-4H3;11-14H,5-10H2,1-4H3;18*1H4. The highest BCUT2D eigenvalue weighted by atomic mass is 16.7. The van der Waals surface area contributed by atoms with E-state index >= 15 is 0 Å². The molecule has 890 valence electrons. The van der Waals surface area contributed by atoms with Crippen molar-refractivity contribution in [2.24, 2.45) is 145 Å². The molecular formula is C126H242O24. The van der Waals surface area contributed by atoms with Crippen LogP contribution >= 0.6 is 0 Å². The van der Waals surface area contributed by atoms with Crippen LogP contribution in [0.25, 0.3) is 0 Å². The van der Waals surface area contributed by atoms with Gasteiger partial charge >= 0.3 is 71.6 Å². The Balaban J connectivity index is -0.000000320. The Morgan fingerprint density at radius 2 is 0.540 bits per heavy atom. The number of ether oxygens (including phenoxy) is 12. The molecule has 3 heterocycles. The minimum Gasteiger partial charge on any atom is -0.458 e. The largest absolute Gasteiger partial charge is 0.458 e. The van der Waals surface area contributed by atoms with Crippen LogP contribution < -0.4 is 0 Å². The smallest absolute Gasteiger partial charge is 0.350 e. The number of carbonyl (C=O) groups excluding carboxylic acids is 12. The fourth-order valence-electron chi connectivity index (χ4n) is 26.2. The highest BCUT2D eigenvalue weighted by molar-refractivity contribution is 5.88. The molecule has 0 aromatic rings. The second-order valence-corrected chi connectivity index (χ2v) is 50.3. The van der Waals surface area contributed by atoms with E-state index in [1.54, 1.807) is 55.4 Å². The van der Waals surface area contributed by atoms with Crippen LogP contribution in [-0.2, 0) is 114 Å². The first-order valence-corrected chi connectivity index (χ1v) is 51.8. The van der Waals surface area contributed by atoms with Crippen LogP contribution in [0.1, 0.15) is 527 Å². The lowest BCUT2D eigenvalue weighted by atomic mass is 9.49. The first-order chi connectivity index (χ1) is 61.1. The molecule has 24 heteroatoms. The van der Waals surface area contributed by atoms with Gasteiger partial charge in [0.2, 0.25) is 16.8 Å². The lowest BCUT2D eigenvalue weighted by Crippen LogP contribution is -2.60. The van der Waals surface area contributed by atoms with Crippen molar-refractivity contribution in [3.8, 4) is 0 Å². The molecule has 13 atom stereocenters. The van der Waals surface area contributed by atoms with Crippen molar-refractivity contribution in [3.05, 3.63) is 0 Å². The van der Waals surface area contributed by atoms with E-state index in [1.165, 1.54) is 138 Å². The topological polar surface area (TPSA) is 316 Å². The Morgan fingerprint density at radius 3 is 0.800 bits per heavy atom. The van der Waals surface area contributed by atoms with Crippen LogP contribution in [0.4, 0.5) is 0 Å². The number of hydrogen-bond acceptors (Lipinski definition) is 24. The maximum atomic E-state index is 12.7. The average Bonchev–Trinajstić information content (AvgIpc) is 1.42. The molecule has 3 aliphatic heterocycles. The molecule has 13 unspecified atom stereocenters. The van der Waals surface area contributed by atoms with E-state index in [4.69, 9.17) is 56.8 Å². The van der Waals surface area contributed by atoms with Crippen molar-refractivity contribution in [2.75, 3.05) is 0 Å². The van der Waals surface area contributed by atoms with E-state index in [0.29, 0.717) is 74.0 Å². The monoisotopic (exact) mass is 2140 g/mol. The zero-order valence-corrected chi connectivity index (χ0v) is 86.3. The molecule has 20 fully saturated rings. The zero-order chi connectivity index (χ0) is 97.9. The normalized spacial score (nSPS) is 33.3. The van der Waals surface area contributed by atoms with Gasteiger partial charge in [0.25, 0.3) is 0 Å². The summed E-state index contributed by atoms with van der Waals surface area (Å²) in [5.41, 5.74) is -9.34. The number of esters is 12. The lowest BCUT2D eigenvalue weighted by molar-refractivity contribution is -0.218. The van der Waals surface area contributed by atoms with E-state index in [-0.39, 0.29) is 256 Å². The zero-order valence-electron chi connectivity index (χ0n) is 86.3. The molecule has 3 saturated heterocycles. The fraction of sp³-hybridized carbons (Fsp3) is 0.905. The molecule has 0 radical (unpaired) electrons. The van der Waals surface area contributed by atoms with E-state index < -0.39 is 92.3 Å². The van der Waals surface area contributed by atoms with Gasteiger partial charge in [0.1, 0.15) is 52.4 Å². The maximum Gasteiger partial charge on any atom is 0.350 e. The van der Waals surface area contributed by atoms with Crippen molar-refractivity contribution in [1.82, 2.24) is 0 Å². The Hall–Kier alpha value is -6.36. The summed E-state index contributed by atoms with van der Waals surface area (Å²) in [6.07, 6.45) is 29.8. The van der Waals surface area contributed by atoms with Gasteiger partial charge in [-0.25, -0.2) is 14.4 Å². The van der Waals surface area contributed by atoms with E-state index in [1.807, 2.05) is 62.3 Å². The number of rotatable bonds is 26. The third-order valence-electron chi connectivity index (χ3n) is 37.9. The van der Waals surface area contributed by atoms with Crippen molar-refractivity contribution in [1.29, 1.82) is 0 Å². The molecule has 17 aliphatic carbocycles. The quantitative estimate of drug-likeness (QED) is 0.0573. The Bertz CT molecular complexity index is 4040. The summed E-state index contributed by atoms with van der Waals surface area (Å²) in [7, 11) is 0. The molecule has 0 spiro atoms. The summed E-state index contributed by atoms with van der Waals surface area (Å²) in [6, 6.07) is 0. The van der Waals surface area contributed by atoms with Gasteiger partial charge in [0.15, 0.2) is 0 Å². The highest BCUT2D eigenvalue weighted by Gasteiger charge is 2.69. The summed E-state index contributed by atoms with van der Waals surface area (Å²) in [6.45, 7) is 54.2. The SMILES string of the molecule is C.C.C.C.C.C.C.C.C.C.C.C.C.C.C.C.C.C.CCC(C)(C)C(=O)OC(C)(C)C(=O)OC1(C)CCC2CC1(C)OC2=O.CCC(C)(C)C(=O)OC(C)(C)C(=O)OC1C2CC3C(=O)OC1C3C2.CCC(C)(C)C(=O)OC(C)(C)C(=O)OC1C2CC3C(=O)OC1C3C2.CCC(C)(C)C(=O)OC1(C)C2CC3CC(C2)CC1C3.CCC(C)(C)C(=O)OC1(CC)C2CC3CC(C2)CC1C3.CCC(C)(C)C(=O)OC1(CC)C2CC3CC(C2)CC1C3. The van der Waals surface area contributed by atoms with Gasteiger partial charge in [-0.2, -0.15) is 0 Å². The molecule has 150 heavy (non-hydrogen) atoms. The van der Waals surface area contributed by atoms with Crippen molar-refractivity contribution < 1.29 is 114 Å². The highest BCUT2D eigenvalue weighted by Crippen LogP contribution is 2.65. The van der Waals surface area contributed by atoms with Gasteiger partial charge < -0.3 is 56.8 Å². The molecule has 0 aromatic heterocycles. The molecule has 24 nitrogen and oxygen atoms in total. The van der Waals surface area contributed by atoms with Crippen LogP contribution in [-0.4, -0.2) is 141 Å². The van der Waals surface area contributed by atoms with Gasteiger partial charge in [0, 0.05) is 30.1 Å². The van der Waals surface area contributed by atoms with Crippen LogP contribution in [0, 0.1) is 145 Å². The van der Waals surface area contributed by atoms with E-state index in [9.17, 15) is 57.5 Å². The predicted octanol–water partition coefficient (Wildman–Crippen LogP) is 32.4. The first-order valence-electron chi connectivity index (χ1n) is 51.8. The van der Waals surface area contributed by atoms with Crippen molar-refractivity contribution >= 4 is 71.6 Å². The molecule has 0 amide bonds. The van der Waals surface area contributed by atoms with E-state index in [2.05, 4.69) is 41.5 Å². The molecule has 0 N–H and O–H groups in total. The summed E-state index contributed by atoms with van der Waals surface area (Å²) in [5, 5.41) is 0. The summed E-state index contributed by atoms with van der Waals surface area (Å²) >= 11 is 0. The summed E-state index contributed by atoms with van der Waals surface area (Å²) in [5.74, 6) is 6.33. The second kappa shape index (κ2) is 56.7. The number of fused-ring (bicyclic) bond motifs is 4. The fourth-order valence-corrected chi connectivity index (χ4v) is 26.2. The van der Waals surface area contributed by atoms with Gasteiger partial charge in [-0.05, 0) is 403 Å². The van der Waals surface area contributed by atoms with Gasteiger partial charge in [-0.15, -0.1) is 0 Å².